The average molecular weight is 146 g/mol. The monoisotopic (exact) mass is 146 g/mol. The predicted molar refractivity (Wildman–Crippen MR) is 38.5 cm³/mol. The Hall–Kier alpha value is -0.280. The second kappa shape index (κ2) is 3.69. The Bertz CT molecular complexity index is 138. The third kappa shape index (κ3) is 2.67. The summed E-state index contributed by atoms with van der Waals surface area (Å²) >= 11 is -1.12. The molecule has 0 aliphatic rings. The molecule has 0 amide bonds. The number of ketones is 1. The van der Waals surface area contributed by atoms with Crippen LogP contribution in [0.25, 0.3) is 0 Å². The van der Waals surface area contributed by atoms with Gasteiger partial charge < -0.3 is 4.55 Å². The summed E-state index contributed by atoms with van der Waals surface area (Å²) in [6, 6.07) is 0. The Balaban J connectivity index is 4.19. The molecular formula is C6H10O2S. The third-order valence-corrected chi connectivity index (χ3v) is 2.06. The molecule has 0 spiro atoms. The second-order valence-corrected chi connectivity index (χ2v) is 3.01. The Labute approximate surface area is 58.1 Å². The molecule has 0 saturated heterocycles. The zero-order valence-electron chi connectivity index (χ0n) is 5.80. The van der Waals surface area contributed by atoms with Gasteiger partial charge in [-0.2, -0.15) is 0 Å². The van der Waals surface area contributed by atoms with Gasteiger partial charge in [-0.1, -0.05) is 0 Å². The number of carbonyl (C=O) groups excluding carboxylic acids is 1. The molecule has 0 N–H and O–H groups in total. The normalized spacial score (nSPS) is 15.3. The minimum absolute atomic E-state index is 0.113. The van der Waals surface area contributed by atoms with E-state index < -0.39 is 11.2 Å². The van der Waals surface area contributed by atoms with Gasteiger partial charge in [0.2, 0.25) is 5.78 Å². The highest BCUT2D eigenvalue weighted by Gasteiger charge is 2.11. The van der Waals surface area contributed by atoms with Crippen molar-refractivity contribution < 1.29 is 9.35 Å². The molecular weight excluding hydrogens is 136 g/mol. The fourth-order valence-electron chi connectivity index (χ4n) is 0.572. The molecule has 2 nitrogen and oxygen atoms in total. The Morgan fingerprint density at radius 3 is 2.11 bits per heavy atom. The quantitative estimate of drug-likeness (QED) is 0.428. The topological polar surface area (TPSA) is 40.1 Å². The highest BCUT2D eigenvalue weighted by molar-refractivity contribution is 7.95. The molecule has 0 rings (SSSR count). The molecule has 1 unspecified atom stereocenters. The number of hydrogen-bond donors (Lipinski definition) is 0. The van der Waals surface area contributed by atoms with Gasteiger partial charge in [0, 0.05) is 6.92 Å². The van der Waals surface area contributed by atoms with Crippen molar-refractivity contribution in [3.8, 4) is 0 Å². The summed E-state index contributed by atoms with van der Waals surface area (Å²) in [7, 11) is 0. The molecule has 0 radical (unpaired) electrons. The van der Waals surface area contributed by atoms with Gasteiger partial charge in [-0.25, -0.2) is 0 Å². The van der Waals surface area contributed by atoms with Crippen LogP contribution >= 0.6 is 0 Å². The lowest BCUT2D eigenvalue weighted by molar-refractivity contribution is -0.113. The summed E-state index contributed by atoms with van der Waals surface area (Å²) in [4.78, 5) is 11.0. The van der Waals surface area contributed by atoms with Crippen molar-refractivity contribution in [1.29, 1.82) is 0 Å². The number of Topliss-reactive ketones (excluding diaryl/α,β-unsaturated/α-hetero) is 1. The van der Waals surface area contributed by atoms with Crippen molar-refractivity contribution >= 4 is 17.0 Å². The van der Waals surface area contributed by atoms with Crippen LogP contribution in [0.1, 0.15) is 13.8 Å². The van der Waals surface area contributed by atoms with Gasteiger partial charge in [-0.05, 0) is 24.2 Å². The minimum atomic E-state index is -1.12. The SMILES string of the molecule is C/C=C(\C(C)=O)[S+](C)[O-]. The molecule has 52 valence electrons. The Kier molecular flexibility index (Phi) is 3.58. The fourth-order valence-corrected chi connectivity index (χ4v) is 1.31. The molecule has 3 heteroatoms. The second-order valence-electron chi connectivity index (χ2n) is 1.66. The van der Waals surface area contributed by atoms with Gasteiger partial charge in [-0.3, -0.25) is 4.79 Å². The first-order chi connectivity index (χ1) is 4.09. The van der Waals surface area contributed by atoms with Crippen molar-refractivity contribution in [1.82, 2.24) is 0 Å². The summed E-state index contributed by atoms with van der Waals surface area (Å²) in [5, 5.41) is 0. The van der Waals surface area contributed by atoms with E-state index in [9.17, 15) is 9.35 Å². The number of carbonyl (C=O) groups is 1. The molecule has 0 aromatic carbocycles. The smallest absolute Gasteiger partial charge is 0.206 e. The lowest BCUT2D eigenvalue weighted by Crippen LogP contribution is -2.08. The predicted octanol–water partition coefficient (Wildman–Crippen LogP) is 0.858. The number of rotatable bonds is 2. The maximum Gasteiger partial charge on any atom is 0.206 e. The van der Waals surface area contributed by atoms with Crippen LogP contribution in [0, 0.1) is 0 Å². The number of hydrogen-bond acceptors (Lipinski definition) is 2. The van der Waals surface area contributed by atoms with E-state index in [2.05, 4.69) is 0 Å². The lowest BCUT2D eigenvalue weighted by atomic mass is 10.4. The molecule has 0 bridgehead atoms. The highest BCUT2D eigenvalue weighted by Crippen LogP contribution is 2.04. The van der Waals surface area contributed by atoms with Gasteiger partial charge in [0.1, 0.15) is 6.26 Å². The van der Waals surface area contributed by atoms with Crippen molar-refractivity contribution in [2.75, 3.05) is 6.26 Å². The van der Waals surface area contributed by atoms with Crippen LogP contribution in [-0.2, 0) is 16.0 Å². The first-order valence-corrected chi connectivity index (χ1v) is 4.16. The molecule has 0 fully saturated rings. The van der Waals surface area contributed by atoms with E-state index in [0.29, 0.717) is 4.91 Å². The van der Waals surface area contributed by atoms with Crippen LogP contribution in [0.4, 0.5) is 0 Å². The molecule has 0 aromatic rings. The van der Waals surface area contributed by atoms with Crippen molar-refractivity contribution in [2.24, 2.45) is 0 Å². The summed E-state index contributed by atoms with van der Waals surface area (Å²) in [6.07, 6.45) is 3.08. The van der Waals surface area contributed by atoms with Crippen LogP contribution in [-0.4, -0.2) is 16.6 Å². The van der Waals surface area contributed by atoms with E-state index in [-0.39, 0.29) is 5.78 Å². The molecule has 0 saturated carbocycles. The van der Waals surface area contributed by atoms with Crippen molar-refractivity contribution in [3.05, 3.63) is 11.0 Å². The third-order valence-electron chi connectivity index (χ3n) is 0.919. The van der Waals surface area contributed by atoms with E-state index >= 15 is 0 Å². The lowest BCUT2D eigenvalue weighted by Gasteiger charge is -2.03. The molecule has 0 aromatic heterocycles. The highest BCUT2D eigenvalue weighted by atomic mass is 32.2. The summed E-state index contributed by atoms with van der Waals surface area (Å²) < 4.78 is 10.6. The fraction of sp³-hybridized carbons (Fsp3) is 0.500. The maximum absolute atomic E-state index is 10.6. The van der Waals surface area contributed by atoms with Crippen molar-refractivity contribution in [2.45, 2.75) is 13.8 Å². The molecule has 0 aliphatic carbocycles. The molecule has 9 heavy (non-hydrogen) atoms. The van der Waals surface area contributed by atoms with Crippen LogP contribution in [0.3, 0.4) is 0 Å². The minimum Gasteiger partial charge on any atom is -0.612 e. The van der Waals surface area contributed by atoms with Crippen LogP contribution < -0.4 is 0 Å². The first-order valence-electron chi connectivity index (χ1n) is 2.60. The Morgan fingerprint density at radius 2 is 2.11 bits per heavy atom. The van der Waals surface area contributed by atoms with Gasteiger partial charge in [-0.15, -0.1) is 0 Å². The maximum atomic E-state index is 10.6. The van der Waals surface area contributed by atoms with Crippen LogP contribution in [0.5, 0.6) is 0 Å². The van der Waals surface area contributed by atoms with Gasteiger partial charge in [0.05, 0.1) is 0 Å². The first kappa shape index (κ1) is 8.72. The largest absolute Gasteiger partial charge is 0.612 e. The summed E-state index contributed by atoms with van der Waals surface area (Å²) in [5.41, 5.74) is 0. The zero-order chi connectivity index (χ0) is 7.44. The van der Waals surface area contributed by atoms with E-state index in [1.54, 1.807) is 13.0 Å². The van der Waals surface area contributed by atoms with Gasteiger partial charge in [0.25, 0.3) is 0 Å². The standard InChI is InChI=1S/C6H10O2S/c1-4-6(5(2)7)9(3)8/h4H,1-3H3/b6-4+. The van der Waals surface area contributed by atoms with E-state index in [1.807, 2.05) is 0 Å². The Morgan fingerprint density at radius 1 is 1.67 bits per heavy atom. The molecule has 1 atom stereocenters. The van der Waals surface area contributed by atoms with Gasteiger partial charge >= 0.3 is 0 Å². The van der Waals surface area contributed by atoms with Gasteiger partial charge in [0.15, 0.2) is 4.91 Å². The number of allylic oxidation sites excluding steroid dienone is 2. The molecule has 0 aliphatic heterocycles. The molecule has 0 heterocycles. The zero-order valence-corrected chi connectivity index (χ0v) is 6.62. The average Bonchev–Trinajstić information content (AvgIpc) is 1.64. The van der Waals surface area contributed by atoms with Crippen molar-refractivity contribution in [3.63, 3.8) is 0 Å². The summed E-state index contributed by atoms with van der Waals surface area (Å²) in [6.45, 7) is 3.12. The van der Waals surface area contributed by atoms with E-state index in [0.717, 1.165) is 0 Å². The summed E-state index contributed by atoms with van der Waals surface area (Å²) in [5.74, 6) is -0.113. The van der Waals surface area contributed by atoms with E-state index in [1.165, 1.54) is 13.2 Å². The van der Waals surface area contributed by atoms with Crippen LogP contribution in [0.2, 0.25) is 0 Å². The van der Waals surface area contributed by atoms with E-state index in [4.69, 9.17) is 0 Å². The van der Waals surface area contributed by atoms with Crippen LogP contribution in [0.15, 0.2) is 11.0 Å².